The number of halogens is 2. The van der Waals surface area contributed by atoms with E-state index in [0.717, 1.165) is 25.7 Å². The predicted octanol–water partition coefficient (Wildman–Crippen LogP) is 4.56. The summed E-state index contributed by atoms with van der Waals surface area (Å²) in [6.07, 6.45) is 5.45. The fraction of sp³-hybridized carbons (Fsp3) is 0.467. The fourth-order valence-corrected chi connectivity index (χ4v) is 3.56. The zero-order valence-corrected chi connectivity index (χ0v) is 14.0. The van der Waals surface area contributed by atoms with Crippen LogP contribution in [0.25, 0.3) is 0 Å². The van der Waals surface area contributed by atoms with Crippen LogP contribution in [0.1, 0.15) is 38.5 Å². The van der Waals surface area contributed by atoms with Gasteiger partial charge in [0, 0.05) is 0 Å². The molecule has 21 heavy (non-hydrogen) atoms. The molecule has 0 aromatic heterocycles. The summed E-state index contributed by atoms with van der Waals surface area (Å²) in [5.41, 5.74) is 5.53. The molecule has 1 aromatic carbocycles. The molecule has 0 aliphatic heterocycles. The Morgan fingerprint density at radius 2 is 1.67 bits per heavy atom. The van der Waals surface area contributed by atoms with Gasteiger partial charge >= 0.3 is 0 Å². The van der Waals surface area contributed by atoms with Crippen LogP contribution >= 0.6 is 35.4 Å². The van der Waals surface area contributed by atoms with Gasteiger partial charge in [-0.15, -0.1) is 0 Å². The molecule has 0 heterocycles. The van der Waals surface area contributed by atoms with Crippen molar-refractivity contribution in [1.82, 2.24) is 0 Å². The Bertz CT molecular complexity index is 534. The Morgan fingerprint density at radius 1 is 1.14 bits per heavy atom. The van der Waals surface area contributed by atoms with Crippen molar-refractivity contribution in [2.24, 2.45) is 11.1 Å². The summed E-state index contributed by atoms with van der Waals surface area (Å²) in [5, 5.41) is 3.64. The summed E-state index contributed by atoms with van der Waals surface area (Å²) in [4.78, 5) is 13.0. The Kier molecular flexibility index (Phi) is 5.47. The smallest absolute Gasteiger partial charge is 0.237 e. The maximum Gasteiger partial charge on any atom is 0.237 e. The molecular formula is C15H18Cl2N2OS. The number of nitrogens with two attached hydrogens (primary N) is 1. The predicted molar refractivity (Wildman–Crippen MR) is 92.0 cm³/mol. The van der Waals surface area contributed by atoms with E-state index in [1.54, 1.807) is 18.2 Å². The molecule has 0 unspecified atom stereocenters. The average molecular weight is 345 g/mol. The van der Waals surface area contributed by atoms with Gasteiger partial charge < -0.3 is 11.1 Å². The van der Waals surface area contributed by atoms with Gasteiger partial charge in [0.1, 0.15) is 0 Å². The van der Waals surface area contributed by atoms with Crippen molar-refractivity contribution in [2.45, 2.75) is 38.5 Å². The number of carbonyl (C=O) groups is 1. The van der Waals surface area contributed by atoms with Crippen molar-refractivity contribution in [1.29, 1.82) is 0 Å². The highest BCUT2D eigenvalue weighted by Gasteiger charge is 2.41. The zero-order chi connectivity index (χ0) is 15.5. The van der Waals surface area contributed by atoms with Crippen LogP contribution in [0.4, 0.5) is 5.69 Å². The second-order valence-electron chi connectivity index (χ2n) is 5.41. The second-order valence-corrected chi connectivity index (χ2v) is 6.67. The number of carbonyl (C=O) groups excluding carboxylic acids is 1. The highest BCUT2D eigenvalue weighted by molar-refractivity contribution is 7.80. The van der Waals surface area contributed by atoms with E-state index >= 15 is 0 Å². The van der Waals surface area contributed by atoms with E-state index in [4.69, 9.17) is 41.2 Å². The van der Waals surface area contributed by atoms with Gasteiger partial charge in [0.05, 0.1) is 26.1 Å². The molecule has 0 saturated heterocycles. The van der Waals surface area contributed by atoms with Crippen molar-refractivity contribution >= 4 is 52.0 Å². The van der Waals surface area contributed by atoms with Crippen LogP contribution < -0.4 is 11.1 Å². The third-order valence-electron chi connectivity index (χ3n) is 4.06. The van der Waals surface area contributed by atoms with Crippen LogP contribution in [0.15, 0.2) is 18.2 Å². The SMILES string of the molecule is NC(=S)C1(C(=O)Nc2c(Cl)cccc2Cl)CCCCCC1. The molecule has 114 valence electrons. The number of hydrogen-bond acceptors (Lipinski definition) is 2. The van der Waals surface area contributed by atoms with Gasteiger partial charge in [-0.05, 0) is 25.0 Å². The first-order valence-corrected chi connectivity index (χ1v) is 8.19. The quantitative estimate of drug-likeness (QED) is 0.624. The molecular weight excluding hydrogens is 327 g/mol. The van der Waals surface area contributed by atoms with E-state index in [1.807, 2.05) is 0 Å². The Morgan fingerprint density at radius 3 is 2.14 bits per heavy atom. The third kappa shape index (κ3) is 3.50. The molecule has 1 aliphatic carbocycles. The standard InChI is InChI=1S/C15H18Cl2N2OS/c16-10-6-5-7-11(17)12(10)19-14(20)15(13(18)21)8-3-1-2-4-9-15/h5-7H,1-4,8-9H2,(H2,18,21)(H,19,20). The van der Waals surface area contributed by atoms with E-state index in [2.05, 4.69) is 5.32 Å². The molecule has 0 atom stereocenters. The molecule has 0 bridgehead atoms. The van der Waals surface area contributed by atoms with E-state index in [0.29, 0.717) is 28.6 Å². The van der Waals surface area contributed by atoms with Gasteiger partial charge in [-0.2, -0.15) is 0 Å². The van der Waals surface area contributed by atoms with Crippen LogP contribution in [-0.2, 0) is 4.79 Å². The number of benzene rings is 1. The third-order valence-corrected chi connectivity index (χ3v) is 5.09. The van der Waals surface area contributed by atoms with Crippen molar-refractivity contribution < 1.29 is 4.79 Å². The molecule has 1 aromatic rings. The first-order valence-electron chi connectivity index (χ1n) is 7.03. The number of hydrogen-bond donors (Lipinski definition) is 2. The Hall–Kier alpha value is -0.840. The summed E-state index contributed by atoms with van der Waals surface area (Å²) < 4.78 is 0. The largest absolute Gasteiger partial charge is 0.392 e. The van der Waals surface area contributed by atoms with Crippen LogP contribution in [-0.4, -0.2) is 10.9 Å². The van der Waals surface area contributed by atoms with Crippen LogP contribution in [0.2, 0.25) is 10.0 Å². The van der Waals surface area contributed by atoms with Crippen LogP contribution in [0.5, 0.6) is 0 Å². The number of para-hydroxylation sites is 1. The van der Waals surface area contributed by atoms with Crippen molar-refractivity contribution in [3.05, 3.63) is 28.2 Å². The van der Waals surface area contributed by atoms with E-state index in [9.17, 15) is 4.79 Å². The second kappa shape index (κ2) is 6.95. The van der Waals surface area contributed by atoms with Crippen LogP contribution in [0, 0.1) is 5.41 Å². The Balaban J connectivity index is 2.29. The van der Waals surface area contributed by atoms with E-state index in [1.165, 1.54) is 0 Å². The lowest BCUT2D eigenvalue weighted by Crippen LogP contribution is -2.45. The van der Waals surface area contributed by atoms with E-state index < -0.39 is 5.41 Å². The summed E-state index contributed by atoms with van der Waals surface area (Å²) in [6.45, 7) is 0. The lowest BCUT2D eigenvalue weighted by molar-refractivity contribution is -0.122. The number of nitrogens with one attached hydrogen (secondary N) is 1. The zero-order valence-electron chi connectivity index (χ0n) is 11.6. The van der Waals surface area contributed by atoms with Crippen molar-refractivity contribution in [3.63, 3.8) is 0 Å². The molecule has 1 fully saturated rings. The molecule has 3 nitrogen and oxygen atoms in total. The number of amides is 1. The molecule has 1 aliphatic rings. The lowest BCUT2D eigenvalue weighted by Gasteiger charge is -2.30. The van der Waals surface area contributed by atoms with Gasteiger partial charge in [0.15, 0.2) is 0 Å². The van der Waals surface area contributed by atoms with Gasteiger partial charge in [-0.1, -0.05) is 67.2 Å². The lowest BCUT2D eigenvalue weighted by atomic mass is 9.79. The summed E-state index contributed by atoms with van der Waals surface area (Å²) in [6, 6.07) is 5.10. The topological polar surface area (TPSA) is 55.1 Å². The maximum absolute atomic E-state index is 12.8. The molecule has 0 radical (unpaired) electrons. The molecule has 3 N–H and O–H groups in total. The summed E-state index contributed by atoms with van der Waals surface area (Å²) >= 11 is 17.4. The first kappa shape index (κ1) is 16.5. The molecule has 1 saturated carbocycles. The van der Waals surface area contributed by atoms with Gasteiger partial charge in [-0.3, -0.25) is 4.79 Å². The average Bonchev–Trinajstić information content (AvgIpc) is 2.69. The van der Waals surface area contributed by atoms with Gasteiger partial charge in [-0.25, -0.2) is 0 Å². The number of thiocarbonyl (C=S) groups is 1. The van der Waals surface area contributed by atoms with Crippen molar-refractivity contribution in [3.8, 4) is 0 Å². The summed E-state index contributed by atoms with van der Waals surface area (Å²) in [7, 11) is 0. The van der Waals surface area contributed by atoms with Gasteiger partial charge in [0.25, 0.3) is 0 Å². The molecule has 1 amide bonds. The fourth-order valence-electron chi connectivity index (χ4n) is 2.77. The highest BCUT2D eigenvalue weighted by atomic mass is 35.5. The normalized spacial score (nSPS) is 17.8. The first-order chi connectivity index (χ1) is 9.97. The summed E-state index contributed by atoms with van der Waals surface area (Å²) in [5.74, 6) is -0.202. The number of rotatable bonds is 3. The van der Waals surface area contributed by atoms with Gasteiger partial charge in [0.2, 0.25) is 5.91 Å². The Labute approximate surface area is 140 Å². The minimum absolute atomic E-state index is 0.202. The molecule has 2 rings (SSSR count). The van der Waals surface area contributed by atoms with Crippen LogP contribution in [0.3, 0.4) is 0 Å². The minimum Gasteiger partial charge on any atom is -0.392 e. The van der Waals surface area contributed by atoms with E-state index in [-0.39, 0.29) is 10.9 Å². The minimum atomic E-state index is -0.797. The monoisotopic (exact) mass is 344 g/mol. The molecule has 0 spiro atoms. The maximum atomic E-state index is 12.8. The molecule has 6 heteroatoms. The highest BCUT2D eigenvalue weighted by Crippen LogP contribution is 2.38. The number of anilines is 1. The van der Waals surface area contributed by atoms with Crippen molar-refractivity contribution in [2.75, 3.05) is 5.32 Å².